The van der Waals surface area contributed by atoms with E-state index >= 15 is 0 Å². The highest BCUT2D eigenvalue weighted by Gasteiger charge is 2.00. The van der Waals surface area contributed by atoms with Gasteiger partial charge in [-0.25, -0.2) is 0 Å². The van der Waals surface area contributed by atoms with Crippen LogP contribution in [0.2, 0.25) is 5.02 Å². The van der Waals surface area contributed by atoms with Gasteiger partial charge in [0.1, 0.15) is 0 Å². The third-order valence-electron chi connectivity index (χ3n) is 1.69. The third-order valence-corrected chi connectivity index (χ3v) is 1.89. The average Bonchev–Trinajstić information content (AvgIpc) is 2.08. The van der Waals surface area contributed by atoms with Crippen molar-refractivity contribution < 1.29 is 0 Å². The van der Waals surface area contributed by atoms with E-state index in [-0.39, 0.29) is 11.2 Å². The SMILES string of the molecule is Nc1cc2ncc(Cl)cc2[nH]c1=O. The number of fused-ring (bicyclic) bond motifs is 1. The van der Waals surface area contributed by atoms with Gasteiger partial charge < -0.3 is 10.7 Å². The molecule has 2 aromatic heterocycles. The van der Waals surface area contributed by atoms with Crippen molar-refractivity contribution >= 4 is 28.3 Å². The van der Waals surface area contributed by atoms with Crippen LogP contribution < -0.4 is 11.3 Å². The summed E-state index contributed by atoms with van der Waals surface area (Å²) < 4.78 is 0. The number of hydrogen-bond acceptors (Lipinski definition) is 3. The molecule has 0 fully saturated rings. The molecular formula is C8H6ClN3O. The highest BCUT2D eigenvalue weighted by molar-refractivity contribution is 6.31. The van der Waals surface area contributed by atoms with Crippen molar-refractivity contribution in [2.24, 2.45) is 0 Å². The normalized spacial score (nSPS) is 10.5. The van der Waals surface area contributed by atoms with Crippen molar-refractivity contribution in [2.45, 2.75) is 0 Å². The van der Waals surface area contributed by atoms with E-state index in [0.29, 0.717) is 16.1 Å². The summed E-state index contributed by atoms with van der Waals surface area (Å²) in [6, 6.07) is 3.15. The lowest BCUT2D eigenvalue weighted by Gasteiger charge is -1.98. The van der Waals surface area contributed by atoms with Crippen LogP contribution in [0.4, 0.5) is 5.69 Å². The van der Waals surface area contributed by atoms with Crippen LogP contribution in [0.5, 0.6) is 0 Å². The molecule has 0 aromatic carbocycles. The zero-order valence-corrected chi connectivity index (χ0v) is 7.30. The Hall–Kier alpha value is -1.55. The van der Waals surface area contributed by atoms with Crippen LogP contribution in [0, 0.1) is 0 Å². The summed E-state index contributed by atoms with van der Waals surface area (Å²) >= 11 is 5.70. The van der Waals surface area contributed by atoms with Gasteiger partial charge in [0, 0.05) is 6.20 Å². The molecule has 0 bridgehead atoms. The zero-order chi connectivity index (χ0) is 9.42. The number of nitrogens with two attached hydrogens (primary N) is 1. The number of aromatic amines is 1. The molecule has 66 valence electrons. The standard InChI is InChI=1S/C8H6ClN3O/c9-4-1-7-6(11-3-4)2-5(10)8(13)12-7/h1-3H,10H2,(H,12,13). The molecule has 0 spiro atoms. The minimum Gasteiger partial charge on any atom is -0.394 e. The van der Waals surface area contributed by atoms with Crippen LogP contribution in [0.15, 0.2) is 23.1 Å². The molecule has 0 aliphatic heterocycles. The monoisotopic (exact) mass is 195 g/mol. The fraction of sp³-hybridized carbons (Fsp3) is 0. The molecule has 5 heteroatoms. The lowest BCUT2D eigenvalue weighted by atomic mass is 10.3. The van der Waals surface area contributed by atoms with E-state index in [4.69, 9.17) is 17.3 Å². The van der Waals surface area contributed by atoms with Crippen LogP contribution in [0.1, 0.15) is 0 Å². The number of rotatable bonds is 0. The van der Waals surface area contributed by atoms with E-state index in [1.165, 1.54) is 12.3 Å². The van der Waals surface area contributed by atoms with Gasteiger partial charge >= 0.3 is 0 Å². The van der Waals surface area contributed by atoms with E-state index in [1.54, 1.807) is 6.07 Å². The minimum absolute atomic E-state index is 0.155. The average molecular weight is 196 g/mol. The Morgan fingerprint density at radius 1 is 1.46 bits per heavy atom. The summed E-state index contributed by atoms with van der Waals surface area (Å²) in [5.41, 5.74) is 6.46. The van der Waals surface area contributed by atoms with Gasteiger partial charge in [-0.3, -0.25) is 9.78 Å². The Balaban J connectivity index is 2.89. The lowest BCUT2D eigenvalue weighted by molar-refractivity contribution is 1.28. The van der Waals surface area contributed by atoms with Gasteiger partial charge in [0.15, 0.2) is 0 Å². The molecular weight excluding hydrogens is 190 g/mol. The molecule has 0 saturated heterocycles. The first-order chi connectivity index (χ1) is 6.16. The third kappa shape index (κ3) is 1.36. The van der Waals surface area contributed by atoms with Crippen LogP contribution in [-0.4, -0.2) is 9.97 Å². The highest BCUT2D eigenvalue weighted by atomic mass is 35.5. The lowest BCUT2D eigenvalue weighted by Crippen LogP contribution is -2.11. The predicted molar refractivity (Wildman–Crippen MR) is 51.8 cm³/mol. The number of nitrogens with one attached hydrogen (secondary N) is 1. The van der Waals surface area contributed by atoms with Crippen molar-refractivity contribution in [1.82, 2.24) is 9.97 Å². The smallest absolute Gasteiger partial charge is 0.271 e. The Bertz CT molecular complexity index is 520. The van der Waals surface area contributed by atoms with Gasteiger partial charge in [0.05, 0.1) is 21.7 Å². The fourth-order valence-electron chi connectivity index (χ4n) is 1.07. The first-order valence-corrected chi connectivity index (χ1v) is 3.98. The Kier molecular flexibility index (Phi) is 1.70. The zero-order valence-electron chi connectivity index (χ0n) is 6.54. The second-order valence-corrected chi connectivity index (χ2v) is 3.08. The summed E-state index contributed by atoms with van der Waals surface area (Å²) in [4.78, 5) is 17.7. The van der Waals surface area contributed by atoms with Crippen LogP contribution in [-0.2, 0) is 0 Å². The molecule has 0 unspecified atom stereocenters. The largest absolute Gasteiger partial charge is 0.394 e. The molecule has 0 amide bonds. The molecule has 3 N–H and O–H groups in total. The summed E-state index contributed by atoms with van der Waals surface area (Å²) in [6.07, 6.45) is 1.50. The minimum atomic E-state index is -0.323. The van der Waals surface area contributed by atoms with E-state index in [1.807, 2.05) is 0 Å². The van der Waals surface area contributed by atoms with Gasteiger partial charge in [0.25, 0.3) is 5.56 Å². The van der Waals surface area contributed by atoms with Crippen molar-refractivity contribution in [3.63, 3.8) is 0 Å². The molecule has 0 aliphatic rings. The first-order valence-electron chi connectivity index (χ1n) is 3.61. The maximum Gasteiger partial charge on any atom is 0.271 e. The van der Waals surface area contributed by atoms with Crippen LogP contribution in [0.25, 0.3) is 11.0 Å². The first kappa shape index (κ1) is 8.07. The molecule has 0 aliphatic carbocycles. The van der Waals surface area contributed by atoms with E-state index < -0.39 is 0 Å². The molecule has 4 nitrogen and oxygen atoms in total. The molecule has 2 rings (SSSR count). The summed E-state index contributed by atoms with van der Waals surface area (Å²) in [5.74, 6) is 0. The molecule has 2 heterocycles. The Labute approximate surface area is 78.4 Å². The van der Waals surface area contributed by atoms with E-state index in [9.17, 15) is 4.79 Å². The molecule has 0 atom stereocenters. The summed E-state index contributed by atoms with van der Waals surface area (Å²) in [7, 11) is 0. The number of H-pyrrole nitrogens is 1. The van der Waals surface area contributed by atoms with Gasteiger partial charge in [-0.1, -0.05) is 11.6 Å². The van der Waals surface area contributed by atoms with Crippen molar-refractivity contribution in [3.05, 3.63) is 33.7 Å². The molecule has 2 aromatic rings. The Morgan fingerprint density at radius 2 is 2.23 bits per heavy atom. The van der Waals surface area contributed by atoms with Crippen LogP contribution >= 0.6 is 11.6 Å². The molecule has 13 heavy (non-hydrogen) atoms. The number of pyridine rings is 2. The number of halogens is 1. The maximum absolute atomic E-state index is 11.1. The van der Waals surface area contributed by atoms with Crippen molar-refractivity contribution in [2.75, 3.05) is 5.73 Å². The second kappa shape index (κ2) is 2.74. The second-order valence-electron chi connectivity index (χ2n) is 2.64. The number of nitrogens with zero attached hydrogens (tertiary/aromatic N) is 1. The maximum atomic E-state index is 11.1. The van der Waals surface area contributed by atoms with E-state index in [0.717, 1.165) is 0 Å². The number of aromatic nitrogens is 2. The number of nitrogen functional groups attached to an aromatic ring is 1. The highest BCUT2D eigenvalue weighted by Crippen LogP contribution is 2.13. The Morgan fingerprint density at radius 3 is 3.00 bits per heavy atom. The van der Waals surface area contributed by atoms with Gasteiger partial charge in [-0.05, 0) is 12.1 Å². The molecule has 0 radical (unpaired) electrons. The van der Waals surface area contributed by atoms with Crippen LogP contribution in [0.3, 0.4) is 0 Å². The summed E-state index contributed by atoms with van der Waals surface area (Å²) in [5, 5.41) is 0.480. The van der Waals surface area contributed by atoms with Crippen molar-refractivity contribution in [1.29, 1.82) is 0 Å². The van der Waals surface area contributed by atoms with Gasteiger partial charge in [-0.15, -0.1) is 0 Å². The summed E-state index contributed by atoms with van der Waals surface area (Å²) in [6.45, 7) is 0. The van der Waals surface area contributed by atoms with Gasteiger partial charge in [-0.2, -0.15) is 0 Å². The fourth-order valence-corrected chi connectivity index (χ4v) is 1.23. The predicted octanol–water partition coefficient (Wildman–Crippen LogP) is 1.16. The van der Waals surface area contributed by atoms with E-state index in [2.05, 4.69) is 9.97 Å². The topological polar surface area (TPSA) is 71.8 Å². The molecule has 0 saturated carbocycles. The number of hydrogen-bond donors (Lipinski definition) is 2. The van der Waals surface area contributed by atoms with Gasteiger partial charge in [0.2, 0.25) is 0 Å². The van der Waals surface area contributed by atoms with Crippen molar-refractivity contribution in [3.8, 4) is 0 Å². The quantitative estimate of drug-likeness (QED) is 0.663. The number of anilines is 1.